The lowest BCUT2D eigenvalue weighted by Crippen LogP contribution is -2.48. The number of nitrogens with one attached hydrogen (secondary N) is 1. The molecule has 2 aromatic rings. The summed E-state index contributed by atoms with van der Waals surface area (Å²) in [6, 6.07) is 9.17. The Bertz CT molecular complexity index is 965. The standard InChI is InChI=1S/C20H26N4O5S/c1-3-23-10-12-24(13-11-23)30(27,28)17-8-6-16(7-9-17)21-19(25)15-22(2)20(26)18-5-4-14-29-18/h4-9,14H,3,10-13,15H2,1-2H3,(H,21,25). The van der Waals surface area contributed by atoms with Gasteiger partial charge in [-0.2, -0.15) is 4.31 Å². The quantitative estimate of drug-likeness (QED) is 0.705. The number of carbonyl (C=O) groups excluding carboxylic acids is 2. The molecule has 1 N–H and O–H groups in total. The van der Waals surface area contributed by atoms with Crippen LogP contribution in [0, 0.1) is 0 Å². The molecule has 1 aromatic heterocycles. The average Bonchev–Trinajstić information content (AvgIpc) is 3.28. The fourth-order valence-electron chi connectivity index (χ4n) is 3.22. The van der Waals surface area contributed by atoms with Crippen molar-refractivity contribution in [3.8, 4) is 0 Å². The summed E-state index contributed by atoms with van der Waals surface area (Å²) in [6.07, 6.45) is 1.39. The van der Waals surface area contributed by atoms with Crippen molar-refractivity contribution >= 4 is 27.5 Å². The molecule has 0 atom stereocenters. The van der Waals surface area contributed by atoms with E-state index >= 15 is 0 Å². The molecule has 30 heavy (non-hydrogen) atoms. The van der Waals surface area contributed by atoms with Crippen LogP contribution in [0.15, 0.2) is 52.0 Å². The summed E-state index contributed by atoms with van der Waals surface area (Å²) in [5.41, 5.74) is 0.452. The fourth-order valence-corrected chi connectivity index (χ4v) is 4.64. The third-order valence-electron chi connectivity index (χ3n) is 5.01. The summed E-state index contributed by atoms with van der Waals surface area (Å²) < 4.78 is 32.2. The lowest BCUT2D eigenvalue weighted by molar-refractivity contribution is -0.116. The highest BCUT2D eigenvalue weighted by Gasteiger charge is 2.28. The zero-order valence-corrected chi connectivity index (χ0v) is 17.9. The van der Waals surface area contributed by atoms with Crippen LogP contribution in [0.2, 0.25) is 0 Å². The summed E-state index contributed by atoms with van der Waals surface area (Å²) in [5, 5.41) is 2.67. The third-order valence-corrected chi connectivity index (χ3v) is 6.93. The minimum Gasteiger partial charge on any atom is -0.459 e. The summed E-state index contributed by atoms with van der Waals surface area (Å²) in [5.74, 6) is -0.650. The number of likely N-dealkylation sites (N-methyl/N-ethyl adjacent to an activating group) is 2. The van der Waals surface area contributed by atoms with E-state index in [4.69, 9.17) is 4.42 Å². The molecule has 0 unspecified atom stereocenters. The van der Waals surface area contributed by atoms with Gasteiger partial charge in [0.25, 0.3) is 5.91 Å². The topological polar surface area (TPSA) is 103 Å². The number of sulfonamides is 1. The first-order valence-electron chi connectivity index (χ1n) is 9.72. The lowest BCUT2D eigenvalue weighted by atomic mass is 10.3. The molecule has 0 saturated carbocycles. The van der Waals surface area contributed by atoms with Gasteiger partial charge in [0, 0.05) is 38.9 Å². The summed E-state index contributed by atoms with van der Waals surface area (Å²) in [4.78, 5) is 28.0. The van der Waals surface area contributed by atoms with Crippen LogP contribution in [0.3, 0.4) is 0 Å². The van der Waals surface area contributed by atoms with Crippen LogP contribution in [0.4, 0.5) is 5.69 Å². The van der Waals surface area contributed by atoms with Crippen molar-refractivity contribution in [2.24, 2.45) is 0 Å². The van der Waals surface area contributed by atoms with E-state index in [-0.39, 0.29) is 17.2 Å². The number of benzene rings is 1. The molecule has 1 aliphatic heterocycles. The van der Waals surface area contributed by atoms with Crippen LogP contribution in [-0.2, 0) is 14.8 Å². The van der Waals surface area contributed by atoms with Crippen molar-refractivity contribution in [1.29, 1.82) is 0 Å². The van der Waals surface area contributed by atoms with Crippen molar-refractivity contribution in [3.05, 3.63) is 48.4 Å². The highest BCUT2D eigenvalue weighted by atomic mass is 32.2. The molecule has 1 aliphatic rings. The molecule has 2 amide bonds. The fraction of sp³-hybridized carbons (Fsp3) is 0.400. The van der Waals surface area contributed by atoms with E-state index in [1.807, 2.05) is 0 Å². The Hall–Kier alpha value is -2.69. The maximum atomic E-state index is 12.8. The van der Waals surface area contributed by atoms with E-state index in [0.717, 1.165) is 6.54 Å². The molecule has 9 nitrogen and oxygen atoms in total. The Kier molecular flexibility index (Phi) is 6.91. The molecular weight excluding hydrogens is 408 g/mol. The number of nitrogens with zero attached hydrogens (tertiary/aromatic N) is 3. The largest absolute Gasteiger partial charge is 0.459 e. The van der Waals surface area contributed by atoms with Gasteiger partial charge in [0.05, 0.1) is 17.7 Å². The lowest BCUT2D eigenvalue weighted by Gasteiger charge is -2.33. The van der Waals surface area contributed by atoms with Crippen molar-refractivity contribution in [2.75, 3.05) is 51.6 Å². The van der Waals surface area contributed by atoms with Crippen molar-refractivity contribution < 1.29 is 22.4 Å². The maximum Gasteiger partial charge on any atom is 0.289 e. The Balaban J connectivity index is 1.57. The highest BCUT2D eigenvalue weighted by molar-refractivity contribution is 7.89. The number of furan rings is 1. The van der Waals surface area contributed by atoms with Gasteiger partial charge in [-0.15, -0.1) is 0 Å². The molecule has 0 radical (unpaired) electrons. The van der Waals surface area contributed by atoms with E-state index in [2.05, 4.69) is 17.1 Å². The molecule has 1 aromatic carbocycles. The van der Waals surface area contributed by atoms with Gasteiger partial charge in [-0.3, -0.25) is 9.59 Å². The van der Waals surface area contributed by atoms with Crippen LogP contribution >= 0.6 is 0 Å². The number of hydrogen-bond acceptors (Lipinski definition) is 6. The van der Waals surface area contributed by atoms with Crippen molar-refractivity contribution in [3.63, 3.8) is 0 Å². The van der Waals surface area contributed by atoms with Crippen molar-refractivity contribution in [2.45, 2.75) is 11.8 Å². The first kappa shape index (κ1) is 22.0. The number of anilines is 1. The Morgan fingerprint density at radius 3 is 2.33 bits per heavy atom. The Labute approximate surface area is 176 Å². The van der Waals surface area contributed by atoms with Gasteiger partial charge in [-0.25, -0.2) is 8.42 Å². The second-order valence-corrected chi connectivity index (χ2v) is 8.99. The molecule has 1 fully saturated rings. The molecule has 3 rings (SSSR count). The van der Waals surface area contributed by atoms with Gasteiger partial charge >= 0.3 is 0 Å². The van der Waals surface area contributed by atoms with Crippen LogP contribution in [0.25, 0.3) is 0 Å². The molecule has 2 heterocycles. The smallest absolute Gasteiger partial charge is 0.289 e. The van der Waals surface area contributed by atoms with Crippen LogP contribution in [-0.4, -0.2) is 80.7 Å². The number of amides is 2. The maximum absolute atomic E-state index is 12.8. The number of rotatable bonds is 7. The predicted octanol–water partition coefficient (Wildman–Crippen LogP) is 1.32. The molecule has 162 valence electrons. The third kappa shape index (κ3) is 5.07. The van der Waals surface area contributed by atoms with E-state index < -0.39 is 21.8 Å². The zero-order valence-electron chi connectivity index (χ0n) is 17.1. The second-order valence-electron chi connectivity index (χ2n) is 7.05. The van der Waals surface area contributed by atoms with Gasteiger partial charge in [-0.1, -0.05) is 6.92 Å². The summed E-state index contributed by atoms with van der Waals surface area (Å²) >= 11 is 0. The van der Waals surface area contributed by atoms with Crippen molar-refractivity contribution in [1.82, 2.24) is 14.1 Å². The Morgan fingerprint density at radius 1 is 1.10 bits per heavy atom. The summed E-state index contributed by atoms with van der Waals surface area (Å²) in [6.45, 7) is 5.16. The molecular formula is C20H26N4O5S. The SMILES string of the molecule is CCN1CCN(S(=O)(=O)c2ccc(NC(=O)CN(C)C(=O)c3ccco3)cc2)CC1. The van der Waals surface area contributed by atoms with Crippen LogP contribution in [0.1, 0.15) is 17.5 Å². The van der Waals surface area contributed by atoms with Gasteiger partial charge < -0.3 is 19.5 Å². The highest BCUT2D eigenvalue weighted by Crippen LogP contribution is 2.20. The first-order chi connectivity index (χ1) is 14.3. The first-order valence-corrected chi connectivity index (χ1v) is 11.2. The molecule has 10 heteroatoms. The van der Waals surface area contributed by atoms with Gasteiger partial charge in [-0.05, 0) is 42.9 Å². The van der Waals surface area contributed by atoms with Gasteiger partial charge in [0.15, 0.2) is 5.76 Å². The molecule has 0 aliphatic carbocycles. The van der Waals surface area contributed by atoms with Gasteiger partial charge in [0.2, 0.25) is 15.9 Å². The molecule has 1 saturated heterocycles. The minimum absolute atomic E-state index is 0.152. The van der Waals surface area contributed by atoms with E-state index in [1.54, 1.807) is 18.2 Å². The van der Waals surface area contributed by atoms with E-state index in [0.29, 0.717) is 31.9 Å². The normalized spacial score (nSPS) is 15.7. The molecule has 0 spiro atoms. The van der Waals surface area contributed by atoms with Gasteiger partial charge in [0.1, 0.15) is 0 Å². The monoisotopic (exact) mass is 434 g/mol. The van der Waals surface area contributed by atoms with E-state index in [1.165, 1.54) is 40.7 Å². The average molecular weight is 435 g/mol. The summed E-state index contributed by atoms with van der Waals surface area (Å²) in [7, 11) is -2.07. The van der Waals surface area contributed by atoms with E-state index in [9.17, 15) is 18.0 Å². The number of piperazine rings is 1. The number of carbonyl (C=O) groups is 2. The van der Waals surface area contributed by atoms with Crippen LogP contribution < -0.4 is 5.32 Å². The zero-order chi connectivity index (χ0) is 21.7. The Morgan fingerprint density at radius 2 is 1.77 bits per heavy atom. The second kappa shape index (κ2) is 9.41. The predicted molar refractivity (Wildman–Crippen MR) is 112 cm³/mol. The molecule has 0 bridgehead atoms. The number of hydrogen-bond donors (Lipinski definition) is 1. The van der Waals surface area contributed by atoms with Crippen LogP contribution in [0.5, 0.6) is 0 Å². The minimum atomic E-state index is -3.56.